The van der Waals surface area contributed by atoms with E-state index < -0.39 is 6.10 Å². The summed E-state index contributed by atoms with van der Waals surface area (Å²) in [5.41, 5.74) is 0. The van der Waals surface area contributed by atoms with Gasteiger partial charge in [0.05, 0.1) is 26.0 Å². The Morgan fingerprint density at radius 2 is 2.19 bits per heavy atom. The first-order valence-electron chi connectivity index (χ1n) is 5.05. The van der Waals surface area contributed by atoms with E-state index in [9.17, 15) is 5.11 Å². The van der Waals surface area contributed by atoms with E-state index >= 15 is 0 Å². The molecule has 1 atom stereocenters. The van der Waals surface area contributed by atoms with Gasteiger partial charge < -0.3 is 19.5 Å². The molecule has 0 aromatic carbocycles. The lowest BCUT2D eigenvalue weighted by Crippen LogP contribution is -2.32. The Morgan fingerprint density at radius 3 is 2.69 bits per heavy atom. The minimum absolute atomic E-state index is 0.320. The van der Waals surface area contributed by atoms with Crippen molar-refractivity contribution in [1.82, 2.24) is 4.98 Å². The lowest BCUT2D eigenvalue weighted by molar-refractivity contribution is 0.0694. The van der Waals surface area contributed by atoms with E-state index in [-0.39, 0.29) is 0 Å². The lowest BCUT2D eigenvalue weighted by Gasteiger charge is -2.21. The van der Waals surface area contributed by atoms with E-state index in [0.29, 0.717) is 13.2 Å². The fraction of sp³-hybridized carbons (Fsp3) is 0.545. The highest BCUT2D eigenvalue weighted by Gasteiger charge is 2.09. The molecule has 1 aromatic heterocycles. The van der Waals surface area contributed by atoms with E-state index in [1.54, 1.807) is 20.4 Å². The summed E-state index contributed by atoms with van der Waals surface area (Å²) < 4.78 is 9.88. The number of rotatable bonds is 6. The molecule has 16 heavy (non-hydrogen) atoms. The molecule has 0 bridgehead atoms. The van der Waals surface area contributed by atoms with E-state index in [1.165, 1.54) is 0 Å². The summed E-state index contributed by atoms with van der Waals surface area (Å²) in [7, 11) is 5.03. The van der Waals surface area contributed by atoms with Crippen molar-refractivity contribution in [2.45, 2.75) is 6.10 Å². The first kappa shape index (κ1) is 12.7. The average Bonchev–Trinajstić information content (AvgIpc) is 2.29. The Hall–Kier alpha value is -1.33. The van der Waals surface area contributed by atoms with Gasteiger partial charge in [-0.25, -0.2) is 4.98 Å². The molecule has 0 aliphatic rings. The molecule has 90 valence electrons. The number of pyridine rings is 1. The van der Waals surface area contributed by atoms with Crippen molar-refractivity contribution in [3.8, 4) is 5.75 Å². The Kier molecular flexibility index (Phi) is 5.01. The molecule has 1 unspecified atom stereocenters. The van der Waals surface area contributed by atoms with Gasteiger partial charge >= 0.3 is 0 Å². The predicted octanol–water partition coefficient (Wildman–Crippen LogP) is 0.534. The highest BCUT2D eigenvalue weighted by Crippen LogP contribution is 2.14. The van der Waals surface area contributed by atoms with Gasteiger partial charge in [0, 0.05) is 20.7 Å². The molecule has 1 rings (SSSR count). The van der Waals surface area contributed by atoms with Crippen LogP contribution < -0.4 is 9.64 Å². The summed E-state index contributed by atoms with van der Waals surface area (Å²) in [4.78, 5) is 6.08. The summed E-state index contributed by atoms with van der Waals surface area (Å²) in [6.07, 6.45) is 1.13. The van der Waals surface area contributed by atoms with Gasteiger partial charge in [-0.15, -0.1) is 0 Å². The van der Waals surface area contributed by atoms with Crippen LogP contribution in [-0.2, 0) is 4.74 Å². The average molecular weight is 226 g/mol. The van der Waals surface area contributed by atoms with Crippen LogP contribution in [0.5, 0.6) is 5.75 Å². The first-order chi connectivity index (χ1) is 7.67. The van der Waals surface area contributed by atoms with Gasteiger partial charge in [0.25, 0.3) is 0 Å². The number of methoxy groups -OCH3 is 2. The number of aliphatic hydroxyl groups is 1. The van der Waals surface area contributed by atoms with Crippen molar-refractivity contribution >= 4 is 5.82 Å². The van der Waals surface area contributed by atoms with Gasteiger partial charge in [-0.1, -0.05) is 0 Å². The van der Waals surface area contributed by atoms with Crippen LogP contribution in [0.2, 0.25) is 0 Å². The highest BCUT2D eigenvalue weighted by atomic mass is 16.5. The molecule has 0 saturated carbocycles. The molecule has 0 aliphatic carbocycles. The van der Waals surface area contributed by atoms with Crippen molar-refractivity contribution in [3.63, 3.8) is 0 Å². The van der Waals surface area contributed by atoms with Crippen LogP contribution in [0.4, 0.5) is 5.82 Å². The summed E-state index contributed by atoms with van der Waals surface area (Å²) in [5.74, 6) is 1.51. The molecule has 1 heterocycles. The molecular formula is C11H18N2O3. The van der Waals surface area contributed by atoms with Gasteiger partial charge in [-0.3, -0.25) is 0 Å². The summed E-state index contributed by atoms with van der Waals surface area (Å²) in [6, 6.07) is 3.68. The Morgan fingerprint density at radius 1 is 1.44 bits per heavy atom. The zero-order valence-corrected chi connectivity index (χ0v) is 9.88. The Balaban J connectivity index is 2.55. The molecular weight excluding hydrogens is 208 g/mol. The van der Waals surface area contributed by atoms with E-state index in [2.05, 4.69) is 4.98 Å². The maximum Gasteiger partial charge on any atom is 0.137 e. The van der Waals surface area contributed by atoms with Crippen LogP contribution in [0.15, 0.2) is 18.3 Å². The second-order valence-electron chi connectivity index (χ2n) is 3.55. The normalized spacial score (nSPS) is 12.2. The third-order valence-corrected chi connectivity index (χ3v) is 2.19. The van der Waals surface area contributed by atoms with E-state index in [4.69, 9.17) is 9.47 Å². The number of aliphatic hydroxyl groups excluding tert-OH is 1. The van der Waals surface area contributed by atoms with Crippen molar-refractivity contribution in [1.29, 1.82) is 0 Å². The topological polar surface area (TPSA) is 54.8 Å². The summed E-state index contributed by atoms with van der Waals surface area (Å²) in [5, 5.41) is 9.56. The zero-order chi connectivity index (χ0) is 12.0. The van der Waals surface area contributed by atoms with Crippen molar-refractivity contribution < 1.29 is 14.6 Å². The van der Waals surface area contributed by atoms with Crippen LogP contribution in [-0.4, -0.2) is 50.6 Å². The monoisotopic (exact) mass is 226 g/mol. The molecule has 0 saturated heterocycles. The highest BCUT2D eigenvalue weighted by molar-refractivity contribution is 5.39. The van der Waals surface area contributed by atoms with Gasteiger partial charge in [0.15, 0.2) is 0 Å². The predicted molar refractivity (Wildman–Crippen MR) is 61.9 cm³/mol. The molecule has 0 aliphatic heterocycles. The standard InChI is InChI=1S/C11H18N2O3/c1-13(7-9(14)8-15-2)11-5-4-10(16-3)6-12-11/h4-6,9,14H,7-8H2,1-3H3. The van der Waals surface area contributed by atoms with Crippen LogP contribution in [0, 0.1) is 0 Å². The molecule has 0 radical (unpaired) electrons. The minimum Gasteiger partial charge on any atom is -0.495 e. The zero-order valence-electron chi connectivity index (χ0n) is 9.88. The number of hydrogen-bond acceptors (Lipinski definition) is 5. The van der Waals surface area contributed by atoms with Gasteiger partial charge in [0.1, 0.15) is 11.6 Å². The van der Waals surface area contributed by atoms with Crippen LogP contribution in [0.1, 0.15) is 0 Å². The lowest BCUT2D eigenvalue weighted by atomic mass is 10.3. The maximum absolute atomic E-state index is 9.56. The summed E-state index contributed by atoms with van der Waals surface area (Å²) >= 11 is 0. The molecule has 0 fully saturated rings. The van der Waals surface area contributed by atoms with Gasteiger partial charge in [0.2, 0.25) is 0 Å². The maximum atomic E-state index is 9.56. The molecule has 1 aromatic rings. The number of ether oxygens (including phenoxy) is 2. The summed E-state index contributed by atoms with van der Waals surface area (Å²) in [6.45, 7) is 0.799. The van der Waals surface area contributed by atoms with Crippen molar-refractivity contribution in [2.24, 2.45) is 0 Å². The second kappa shape index (κ2) is 6.30. The quantitative estimate of drug-likeness (QED) is 0.767. The molecule has 5 nitrogen and oxygen atoms in total. The Labute approximate surface area is 95.6 Å². The van der Waals surface area contributed by atoms with Crippen molar-refractivity contribution in [2.75, 3.05) is 39.3 Å². The number of aromatic nitrogens is 1. The number of nitrogens with zero attached hydrogens (tertiary/aromatic N) is 2. The number of anilines is 1. The van der Waals surface area contributed by atoms with Gasteiger partial charge in [-0.2, -0.15) is 0 Å². The Bertz CT molecular complexity index is 303. The van der Waals surface area contributed by atoms with Crippen LogP contribution >= 0.6 is 0 Å². The van der Waals surface area contributed by atoms with E-state index in [1.807, 2.05) is 24.1 Å². The third-order valence-electron chi connectivity index (χ3n) is 2.19. The number of hydrogen-bond donors (Lipinski definition) is 1. The van der Waals surface area contributed by atoms with Crippen LogP contribution in [0.25, 0.3) is 0 Å². The minimum atomic E-state index is -0.515. The first-order valence-corrected chi connectivity index (χ1v) is 5.05. The SMILES string of the molecule is COCC(O)CN(C)c1ccc(OC)cn1. The smallest absolute Gasteiger partial charge is 0.137 e. The fourth-order valence-electron chi connectivity index (χ4n) is 1.37. The molecule has 5 heteroatoms. The van der Waals surface area contributed by atoms with Crippen molar-refractivity contribution in [3.05, 3.63) is 18.3 Å². The molecule has 1 N–H and O–H groups in total. The second-order valence-corrected chi connectivity index (χ2v) is 3.55. The van der Waals surface area contributed by atoms with E-state index in [0.717, 1.165) is 11.6 Å². The third kappa shape index (κ3) is 3.67. The fourth-order valence-corrected chi connectivity index (χ4v) is 1.37. The molecule has 0 amide bonds. The largest absolute Gasteiger partial charge is 0.495 e. The van der Waals surface area contributed by atoms with Crippen LogP contribution in [0.3, 0.4) is 0 Å². The number of likely N-dealkylation sites (N-methyl/N-ethyl adjacent to an activating group) is 1. The van der Waals surface area contributed by atoms with Gasteiger partial charge in [-0.05, 0) is 12.1 Å². The molecule has 0 spiro atoms.